The van der Waals surface area contributed by atoms with Gasteiger partial charge in [-0.15, -0.1) is 0 Å². The van der Waals surface area contributed by atoms with Gasteiger partial charge >= 0.3 is 6.09 Å². The summed E-state index contributed by atoms with van der Waals surface area (Å²) in [5, 5.41) is 8.02. The Bertz CT molecular complexity index is 2260. The number of pyridine rings is 3. The van der Waals surface area contributed by atoms with Gasteiger partial charge in [-0.3, -0.25) is 23.6 Å². The minimum absolute atomic E-state index is 0.0263. The van der Waals surface area contributed by atoms with Gasteiger partial charge in [0.1, 0.15) is 17.1 Å². The molecule has 0 aliphatic carbocycles. The van der Waals surface area contributed by atoms with E-state index in [1.165, 1.54) is 23.0 Å². The quantitative estimate of drug-likeness (QED) is 0.237. The summed E-state index contributed by atoms with van der Waals surface area (Å²) >= 11 is 0. The first kappa shape index (κ1) is 33.3. The number of ether oxygens (including phenoxy) is 1. The molecular formula is C36H38FN7O5. The van der Waals surface area contributed by atoms with Gasteiger partial charge in [0.25, 0.3) is 11.1 Å². The number of nitrogens with zero attached hydrogens (tertiary/aromatic N) is 6. The number of anilines is 2. The number of nitrogens with one attached hydrogen (secondary N) is 1. The summed E-state index contributed by atoms with van der Waals surface area (Å²) in [5.74, 6) is -0.225. The van der Waals surface area contributed by atoms with E-state index in [1.807, 2.05) is 41.5 Å². The molecule has 6 rings (SSSR count). The van der Waals surface area contributed by atoms with E-state index in [4.69, 9.17) is 4.74 Å². The lowest BCUT2D eigenvalue weighted by Gasteiger charge is -2.30. The van der Waals surface area contributed by atoms with Crippen LogP contribution >= 0.6 is 0 Å². The maximum Gasteiger partial charge on any atom is 0.410 e. The average molecular weight is 668 g/mol. The summed E-state index contributed by atoms with van der Waals surface area (Å²) in [6.07, 6.45) is 4.68. The molecule has 12 nitrogen and oxygen atoms in total. The largest absolute Gasteiger partial charge is 0.444 e. The number of carbonyl (C=O) groups excluding carboxylic acids is 2. The number of rotatable bonds is 5. The summed E-state index contributed by atoms with van der Waals surface area (Å²) in [6.45, 7) is 12.5. The van der Waals surface area contributed by atoms with E-state index in [9.17, 15) is 19.2 Å². The van der Waals surface area contributed by atoms with Crippen molar-refractivity contribution in [3.63, 3.8) is 0 Å². The minimum Gasteiger partial charge on any atom is -0.444 e. The fourth-order valence-corrected chi connectivity index (χ4v) is 5.85. The van der Waals surface area contributed by atoms with Gasteiger partial charge < -0.3 is 19.5 Å². The zero-order chi connectivity index (χ0) is 35.4. The Labute approximate surface area is 281 Å². The summed E-state index contributed by atoms with van der Waals surface area (Å²) in [6, 6.07) is 9.76. The topological polar surface area (TPSA) is 133 Å². The van der Waals surface area contributed by atoms with Gasteiger partial charge in [0.2, 0.25) is 0 Å². The standard InChI is InChI=1S/C36H38FN7O5/c1-35(2,3)23-14-21-9-11-43(33(47)30(21)27(37)16-23)31-26(20-45)25(8-10-38-31)22-15-28(32(46)41(7)18-22)39-29-17-24-19-42(12-13-44(24)40-29)34(48)49-36(4,5)6/h8-11,14-18,20H,12-13,19H2,1-7H3,(H,39,40). The average Bonchev–Trinajstić information content (AvgIpc) is 3.43. The molecular weight excluding hydrogens is 629 g/mol. The number of benzene rings is 1. The molecule has 5 aromatic rings. The van der Waals surface area contributed by atoms with E-state index in [0.29, 0.717) is 48.3 Å². The van der Waals surface area contributed by atoms with Crippen molar-refractivity contribution in [2.45, 2.75) is 65.6 Å². The van der Waals surface area contributed by atoms with Crippen LogP contribution in [0, 0.1) is 5.82 Å². The van der Waals surface area contributed by atoms with Gasteiger partial charge in [-0.1, -0.05) is 26.8 Å². The summed E-state index contributed by atoms with van der Waals surface area (Å²) in [4.78, 5) is 58.1. The Morgan fingerprint density at radius 1 is 1.02 bits per heavy atom. The zero-order valence-electron chi connectivity index (χ0n) is 28.5. The molecule has 1 aliphatic heterocycles. The second-order valence-electron chi connectivity index (χ2n) is 14.2. The first-order valence-corrected chi connectivity index (χ1v) is 15.9. The van der Waals surface area contributed by atoms with Crippen LogP contribution < -0.4 is 16.4 Å². The maximum absolute atomic E-state index is 15.4. The lowest BCUT2D eigenvalue weighted by atomic mass is 9.86. The number of aryl methyl sites for hydroxylation is 1. The number of hydrogen-bond donors (Lipinski definition) is 1. The van der Waals surface area contributed by atoms with Crippen molar-refractivity contribution in [2.75, 3.05) is 11.9 Å². The van der Waals surface area contributed by atoms with Crippen LogP contribution in [0.15, 0.2) is 64.6 Å². The number of hydrogen-bond acceptors (Lipinski definition) is 8. The molecule has 1 N–H and O–H groups in total. The van der Waals surface area contributed by atoms with E-state index in [-0.39, 0.29) is 33.4 Å². The molecule has 1 amide bonds. The molecule has 0 atom stereocenters. The van der Waals surface area contributed by atoms with Gasteiger partial charge in [-0.2, -0.15) is 5.10 Å². The molecule has 1 aliphatic rings. The third-order valence-electron chi connectivity index (χ3n) is 8.34. The SMILES string of the molecule is Cn1cc(-c2ccnc(-n3ccc4cc(C(C)(C)C)cc(F)c4c3=O)c2C=O)cc(Nc2cc3n(n2)CCN(C(=O)OC(C)(C)C)C3)c1=O. The predicted octanol–water partition coefficient (Wildman–Crippen LogP) is 5.69. The number of fused-ring (bicyclic) bond motifs is 2. The van der Waals surface area contributed by atoms with Crippen LogP contribution in [0.2, 0.25) is 0 Å². The Hall–Kier alpha value is -5.59. The molecule has 4 aromatic heterocycles. The van der Waals surface area contributed by atoms with E-state index in [0.717, 1.165) is 15.8 Å². The fourth-order valence-electron chi connectivity index (χ4n) is 5.85. The lowest BCUT2D eigenvalue weighted by molar-refractivity contribution is 0.0194. The molecule has 49 heavy (non-hydrogen) atoms. The molecule has 0 bridgehead atoms. The van der Waals surface area contributed by atoms with Crippen molar-refractivity contribution in [1.29, 1.82) is 0 Å². The van der Waals surface area contributed by atoms with Crippen molar-refractivity contribution >= 4 is 34.7 Å². The summed E-state index contributed by atoms with van der Waals surface area (Å²) in [7, 11) is 1.58. The Morgan fingerprint density at radius 2 is 1.78 bits per heavy atom. The van der Waals surface area contributed by atoms with Crippen molar-refractivity contribution in [1.82, 2.24) is 28.8 Å². The molecule has 0 unspecified atom stereocenters. The maximum atomic E-state index is 15.4. The van der Waals surface area contributed by atoms with Gasteiger partial charge in [-0.05, 0) is 67.0 Å². The molecule has 0 spiro atoms. The highest BCUT2D eigenvalue weighted by Crippen LogP contribution is 2.30. The van der Waals surface area contributed by atoms with E-state index < -0.39 is 23.1 Å². The first-order chi connectivity index (χ1) is 23.0. The van der Waals surface area contributed by atoms with Crippen LogP contribution in [0.5, 0.6) is 0 Å². The number of aromatic nitrogens is 5. The Morgan fingerprint density at radius 3 is 2.47 bits per heavy atom. The molecule has 1 aromatic carbocycles. The van der Waals surface area contributed by atoms with Crippen LogP contribution in [0.25, 0.3) is 27.7 Å². The molecule has 5 heterocycles. The number of amides is 1. The molecule has 13 heteroatoms. The lowest BCUT2D eigenvalue weighted by Crippen LogP contribution is -2.41. The van der Waals surface area contributed by atoms with Crippen LogP contribution in [-0.4, -0.2) is 53.3 Å². The van der Waals surface area contributed by atoms with Crippen LogP contribution in [-0.2, 0) is 30.3 Å². The highest BCUT2D eigenvalue weighted by molar-refractivity contribution is 5.92. The highest BCUT2D eigenvalue weighted by atomic mass is 19.1. The number of aldehydes is 1. The number of carbonyl (C=O) groups is 2. The van der Waals surface area contributed by atoms with Crippen molar-refractivity contribution in [3.8, 4) is 16.9 Å². The second-order valence-corrected chi connectivity index (χ2v) is 14.2. The molecule has 0 fully saturated rings. The van der Waals surface area contributed by atoms with Gasteiger partial charge in [0, 0.05) is 43.8 Å². The molecule has 0 saturated carbocycles. The van der Waals surface area contributed by atoms with E-state index in [1.54, 1.807) is 53.2 Å². The van der Waals surface area contributed by atoms with Crippen molar-refractivity contribution in [3.05, 3.63) is 98.3 Å². The fraction of sp³-hybridized carbons (Fsp3) is 0.333. The van der Waals surface area contributed by atoms with Gasteiger partial charge in [0.05, 0.1) is 29.7 Å². The van der Waals surface area contributed by atoms with Crippen molar-refractivity contribution < 1.29 is 18.7 Å². The van der Waals surface area contributed by atoms with Crippen molar-refractivity contribution in [2.24, 2.45) is 7.05 Å². The molecule has 0 saturated heterocycles. The second kappa shape index (κ2) is 12.1. The minimum atomic E-state index is -0.655. The summed E-state index contributed by atoms with van der Waals surface area (Å²) in [5.41, 5.74) is 0.746. The normalized spacial score (nSPS) is 13.3. The van der Waals surface area contributed by atoms with Crippen LogP contribution in [0.4, 0.5) is 20.7 Å². The van der Waals surface area contributed by atoms with Gasteiger partial charge in [0.15, 0.2) is 17.9 Å². The molecule has 254 valence electrons. The molecule has 0 radical (unpaired) electrons. The first-order valence-electron chi connectivity index (χ1n) is 15.9. The summed E-state index contributed by atoms with van der Waals surface area (Å²) < 4.78 is 25.2. The van der Waals surface area contributed by atoms with Gasteiger partial charge in [-0.25, -0.2) is 14.2 Å². The third-order valence-corrected chi connectivity index (χ3v) is 8.34. The van der Waals surface area contributed by atoms with E-state index in [2.05, 4.69) is 15.4 Å². The smallest absolute Gasteiger partial charge is 0.410 e. The highest BCUT2D eigenvalue weighted by Gasteiger charge is 2.27. The zero-order valence-corrected chi connectivity index (χ0v) is 28.5. The third kappa shape index (κ3) is 6.48. The van der Waals surface area contributed by atoms with Crippen LogP contribution in [0.3, 0.4) is 0 Å². The van der Waals surface area contributed by atoms with E-state index >= 15 is 4.39 Å². The Balaban J connectivity index is 1.35. The van der Waals surface area contributed by atoms with Crippen LogP contribution in [0.1, 0.15) is 63.2 Å². The Kier molecular flexibility index (Phi) is 8.25. The predicted molar refractivity (Wildman–Crippen MR) is 184 cm³/mol. The number of halogens is 1. The monoisotopic (exact) mass is 667 g/mol.